The molecule has 2 aromatic carbocycles. The van der Waals surface area contributed by atoms with Crippen LogP contribution in [-0.4, -0.2) is 71.0 Å². The number of fused-ring (bicyclic) bond motifs is 1. The van der Waals surface area contributed by atoms with Gasteiger partial charge >= 0.3 is 0 Å². The molecule has 0 bridgehead atoms. The summed E-state index contributed by atoms with van der Waals surface area (Å²) in [5.74, 6) is -1.45. The Kier molecular flexibility index (Phi) is 11.3. The molecule has 1 unspecified atom stereocenters. The number of hydrogen-bond acceptors (Lipinski definition) is 5. The predicted octanol–water partition coefficient (Wildman–Crippen LogP) is 2.26. The van der Waals surface area contributed by atoms with E-state index in [1.165, 1.54) is 0 Å². The minimum Gasteiger partial charge on any atom is -0.396 e. The van der Waals surface area contributed by atoms with Crippen LogP contribution in [0.2, 0.25) is 0 Å². The Morgan fingerprint density at radius 3 is 1.85 bits per heavy atom. The lowest BCUT2D eigenvalue weighted by atomic mass is 10.00. The minimum atomic E-state index is -0.922. The highest BCUT2D eigenvalue weighted by molar-refractivity contribution is 5.98. The van der Waals surface area contributed by atoms with Gasteiger partial charge in [-0.3, -0.25) is 19.2 Å². The second-order valence-electron chi connectivity index (χ2n) is 11.0. The molecule has 0 aliphatic carbocycles. The monoisotopic (exact) mass is 562 g/mol. The summed E-state index contributed by atoms with van der Waals surface area (Å²) in [5.41, 5.74) is 1.76. The first-order chi connectivity index (χ1) is 20.0. The van der Waals surface area contributed by atoms with Crippen LogP contribution in [0.3, 0.4) is 0 Å². The molecule has 4 atom stereocenters. The number of nitrogens with one attached hydrogen (secondary N) is 3. The van der Waals surface area contributed by atoms with Crippen molar-refractivity contribution in [3.8, 4) is 0 Å². The molecule has 9 nitrogen and oxygen atoms in total. The molecule has 0 spiro atoms. The third kappa shape index (κ3) is 8.63. The van der Waals surface area contributed by atoms with Gasteiger partial charge in [-0.1, -0.05) is 86.3 Å². The van der Waals surface area contributed by atoms with Crippen molar-refractivity contribution in [3.05, 3.63) is 71.8 Å². The van der Waals surface area contributed by atoms with Crippen LogP contribution in [0.15, 0.2) is 60.7 Å². The zero-order valence-corrected chi connectivity index (χ0v) is 23.6. The average Bonchev–Trinajstić information content (AvgIpc) is 3.48. The summed E-state index contributed by atoms with van der Waals surface area (Å²) in [6.45, 7) is 0.585. The van der Waals surface area contributed by atoms with E-state index in [9.17, 15) is 19.2 Å². The van der Waals surface area contributed by atoms with Crippen molar-refractivity contribution in [2.75, 3.05) is 13.2 Å². The molecule has 2 heterocycles. The maximum absolute atomic E-state index is 13.9. The molecule has 0 aromatic heterocycles. The second-order valence-corrected chi connectivity index (χ2v) is 11.0. The Bertz CT molecular complexity index is 1160. The number of aliphatic hydroxyl groups excluding tert-OH is 1. The van der Waals surface area contributed by atoms with Crippen LogP contribution < -0.4 is 16.0 Å². The third-order valence-electron chi connectivity index (χ3n) is 7.94. The number of benzene rings is 2. The fraction of sp³-hybridized carbons (Fsp3) is 0.500. The van der Waals surface area contributed by atoms with E-state index in [0.717, 1.165) is 36.8 Å². The lowest BCUT2D eigenvalue weighted by molar-refractivity contribution is -0.143. The molecular weight excluding hydrogens is 520 g/mol. The van der Waals surface area contributed by atoms with E-state index in [4.69, 9.17) is 5.11 Å². The van der Waals surface area contributed by atoms with Gasteiger partial charge in [0, 0.05) is 26.0 Å². The maximum Gasteiger partial charge on any atom is 0.246 e. The summed E-state index contributed by atoms with van der Waals surface area (Å²) >= 11 is 0. The summed E-state index contributed by atoms with van der Waals surface area (Å²) in [6.07, 6.45) is 6.29. The van der Waals surface area contributed by atoms with Gasteiger partial charge in [0.2, 0.25) is 23.6 Å². The van der Waals surface area contributed by atoms with E-state index < -0.39 is 36.0 Å². The standard InChI is InChI=1S/C32H42N4O5/c37-20-11-3-1-2-10-17-25-29(38)34-26(21-23-13-6-4-7-14-23)30(39)35-27(22-24-15-8-5-9-16-24)32(41)36-19-12-18-28(36)31(40)33-25/h4-9,13-16,25-28,37H,1-3,10-12,17-22H2,(H,33,40)(H,34,38)(H,35,39)/t25-,26-,27-,28?/m0/s1. The first-order valence-corrected chi connectivity index (χ1v) is 14.9. The Balaban J connectivity index is 1.59. The Morgan fingerprint density at radius 2 is 1.20 bits per heavy atom. The number of carbonyl (C=O) groups excluding carboxylic acids is 4. The molecular formula is C32H42N4O5. The van der Waals surface area contributed by atoms with Gasteiger partial charge in [-0.15, -0.1) is 0 Å². The normalized spacial score (nSPS) is 23.6. The molecule has 2 aliphatic rings. The Morgan fingerprint density at radius 1 is 0.659 bits per heavy atom. The summed E-state index contributed by atoms with van der Waals surface area (Å²) in [7, 11) is 0. The molecule has 0 saturated carbocycles. The van der Waals surface area contributed by atoms with Crippen LogP contribution in [0.4, 0.5) is 0 Å². The van der Waals surface area contributed by atoms with E-state index in [-0.39, 0.29) is 31.3 Å². The van der Waals surface area contributed by atoms with E-state index in [1.807, 2.05) is 60.7 Å². The van der Waals surface area contributed by atoms with Crippen molar-refractivity contribution in [1.29, 1.82) is 0 Å². The Hall–Kier alpha value is -3.72. The molecule has 41 heavy (non-hydrogen) atoms. The fourth-order valence-corrected chi connectivity index (χ4v) is 5.68. The molecule has 4 amide bonds. The van der Waals surface area contributed by atoms with Crippen molar-refractivity contribution in [1.82, 2.24) is 20.9 Å². The largest absolute Gasteiger partial charge is 0.396 e. The van der Waals surface area contributed by atoms with E-state index in [1.54, 1.807) is 4.90 Å². The van der Waals surface area contributed by atoms with Crippen molar-refractivity contribution in [2.45, 2.75) is 88.4 Å². The zero-order chi connectivity index (χ0) is 29.0. The summed E-state index contributed by atoms with van der Waals surface area (Å²) in [6, 6.07) is 15.6. The summed E-state index contributed by atoms with van der Waals surface area (Å²) in [5, 5.41) is 17.8. The average molecular weight is 563 g/mol. The van der Waals surface area contributed by atoms with Crippen LogP contribution in [-0.2, 0) is 32.0 Å². The van der Waals surface area contributed by atoms with Gasteiger partial charge in [0.05, 0.1) is 0 Å². The van der Waals surface area contributed by atoms with Gasteiger partial charge in [-0.25, -0.2) is 0 Å². The van der Waals surface area contributed by atoms with Crippen LogP contribution in [0.25, 0.3) is 0 Å². The van der Waals surface area contributed by atoms with E-state index >= 15 is 0 Å². The molecule has 2 fully saturated rings. The number of hydrogen-bond donors (Lipinski definition) is 4. The highest BCUT2D eigenvalue weighted by Crippen LogP contribution is 2.21. The number of aliphatic hydroxyl groups is 1. The minimum absolute atomic E-state index is 0.161. The first kappa shape index (κ1) is 30.2. The van der Waals surface area contributed by atoms with Crippen molar-refractivity contribution in [2.24, 2.45) is 0 Å². The van der Waals surface area contributed by atoms with Crippen LogP contribution in [0, 0.1) is 0 Å². The molecule has 2 aromatic rings. The molecule has 4 rings (SSSR count). The summed E-state index contributed by atoms with van der Waals surface area (Å²) in [4.78, 5) is 56.3. The molecule has 2 saturated heterocycles. The highest BCUT2D eigenvalue weighted by atomic mass is 16.3. The van der Waals surface area contributed by atoms with Crippen molar-refractivity contribution in [3.63, 3.8) is 0 Å². The van der Waals surface area contributed by atoms with Crippen LogP contribution in [0.1, 0.15) is 62.5 Å². The molecule has 2 aliphatic heterocycles. The predicted molar refractivity (Wildman–Crippen MR) is 156 cm³/mol. The number of unbranched alkanes of at least 4 members (excludes halogenated alkanes) is 4. The topological polar surface area (TPSA) is 128 Å². The molecule has 4 N–H and O–H groups in total. The number of amides is 4. The van der Waals surface area contributed by atoms with Gasteiger partial charge in [0.1, 0.15) is 24.2 Å². The van der Waals surface area contributed by atoms with Gasteiger partial charge in [0.25, 0.3) is 0 Å². The molecule has 0 radical (unpaired) electrons. The van der Waals surface area contributed by atoms with Crippen molar-refractivity contribution >= 4 is 23.6 Å². The van der Waals surface area contributed by atoms with Crippen molar-refractivity contribution < 1.29 is 24.3 Å². The third-order valence-corrected chi connectivity index (χ3v) is 7.94. The second kappa shape index (κ2) is 15.3. The highest BCUT2D eigenvalue weighted by Gasteiger charge is 2.40. The number of carbonyl (C=O) groups is 4. The van der Waals surface area contributed by atoms with E-state index in [0.29, 0.717) is 32.2 Å². The lowest BCUT2D eigenvalue weighted by Gasteiger charge is -2.32. The van der Waals surface area contributed by atoms with Gasteiger partial charge < -0.3 is 26.0 Å². The maximum atomic E-state index is 13.9. The zero-order valence-electron chi connectivity index (χ0n) is 23.6. The number of nitrogens with zero attached hydrogens (tertiary/aromatic N) is 1. The summed E-state index contributed by atoms with van der Waals surface area (Å²) < 4.78 is 0. The SMILES string of the molecule is O=C1N[C@@H](CCCCCCCO)C(=O)N[C@@H](Cc2ccccc2)C(=O)N[C@@H](Cc2ccccc2)C(=O)N2CCCC12. The quantitative estimate of drug-likeness (QED) is 0.313. The molecule has 220 valence electrons. The van der Waals surface area contributed by atoms with Gasteiger partial charge in [-0.05, 0) is 36.8 Å². The van der Waals surface area contributed by atoms with Gasteiger partial charge in [0.15, 0.2) is 0 Å². The fourth-order valence-electron chi connectivity index (χ4n) is 5.68. The Labute approximate surface area is 242 Å². The first-order valence-electron chi connectivity index (χ1n) is 14.9. The van der Waals surface area contributed by atoms with Crippen LogP contribution in [0.5, 0.6) is 0 Å². The van der Waals surface area contributed by atoms with Crippen LogP contribution >= 0.6 is 0 Å². The number of rotatable bonds is 11. The smallest absolute Gasteiger partial charge is 0.246 e. The van der Waals surface area contributed by atoms with Gasteiger partial charge in [-0.2, -0.15) is 0 Å². The molecule has 9 heteroatoms. The lowest BCUT2D eigenvalue weighted by Crippen LogP contribution is -2.61. The van der Waals surface area contributed by atoms with E-state index in [2.05, 4.69) is 16.0 Å².